The second kappa shape index (κ2) is 10.2. The van der Waals surface area contributed by atoms with E-state index in [0.717, 1.165) is 11.3 Å². The molecule has 0 spiro atoms. The molecule has 2 aromatic carbocycles. The Hall–Kier alpha value is -3.11. The van der Waals surface area contributed by atoms with Crippen molar-refractivity contribution in [1.29, 1.82) is 0 Å². The fourth-order valence-corrected chi connectivity index (χ4v) is 5.28. The molecule has 10 heteroatoms. The van der Waals surface area contributed by atoms with Crippen LogP contribution < -0.4 is 5.32 Å². The van der Waals surface area contributed by atoms with E-state index in [4.69, 9.17) is 4.74 Å². The van der Waals surface area contributed by atoms with Crippen molar-refractivity contribution in [2.75, 3.05) is 13.2 Å². The van der Waals surface area contributed by atoms with Crippen molar-refractivity contribution in [2.24, 2.45) is 5.92 Å². The van der Waals surface area contributed by atoms with Gasteiger partial charge in [0, 0.05) is 24.2 Å². The number of benzene rings is 2. The summed E-state index contributed by atoms with van der Waals surface area (Å²) in [5, 5.41) is 10.8. The molecule has 3 aromatic rings. The van der Waals surface area contributed by atoms with Crippen LogP contribution in [-0.2, 0) is 27.3 Å². The van der Waals surface area contributed by atoms with Gasteiger partial charge >= 0.3 is 0 Å². The summed E-state index contributed by atoms with van der Waals surface area (Å²) in [5.41, 5.74) is 2.47. The minimum Gasteiger partial charge on any atom is -0.375 e. The molecular formula is C25H25BrFN5O3. The first-order valence-corrected chi connectivity index (χ1v) is 12.4. The fraction of sp³-hybridized carbons (Fsp3) is 0.360. The van der Waals surface area contributed by atoms with Crippen molar-refractivity contribution in [1.82, 2.24) is 25.2 Å². The third-order valence-electron chi connectivity index (χ3n) is 6.68. The minimum atomic E-state index is -0.374. The third-order valence-corrected chi connectivity index (χ3v) is 7.45. The summed E-state index contributed by atoms with van der Waals surface area (Å²) in [6, 6.07) is 11.9. The summed E-state index contributed by atoms with van der Waals surface area (Å²) in [6.45, 7) is 1.39. The van der Waals surface area contributed by atoms with Crippen molar-refractivity contribution in [3.63, 3.8) is 0 Å². The van der Waals surface area contributed by atoms with Crippen molar-refractivity contribution in [3.05, 3.63) is 76.3 Å². The molecule has 0 bridgehead atoms. The lowest BCUT2D eigenvalue weighted by Crippen LogP contribution is -2.56. The minimum absolute atomic E-state index is 0.0674. The van der Waals surface area contributed by atoms with Gasteiger partial charge in [-0.3, -0.25) is 9.59 Å². The predicted octanol–water partition coefficient (Wildman–Crippen LogP) is 3.03. The van der Waals surface area contributed by atoms with Gasteiger partial charge in [-0.25, -0.2) is 9.07 Å². The standard InChI is InChI=1S/C25H25BrFN5O3/c26-21-6-3-18(27)13-17(21)14-23(33)31-10-7-20(24-22(31)8-12-35-24)25(34)28-15-16-1-4-19(5-2-16)32-11-9-29-30-32/h1-6,9,11,13,20,22,24H,7-8,10,12,14-15H2,(H,28,34)/t20-,22+,24+/m0/s1. The Morgan fingerprint density at radius 1 is 1.17 bits per heavy atom. The third kappa shape index (κ3) is 5.13. The summed E-state index contributed by atoms with van der Waals surface area (Å²) in [6.07, 6.45) is 4.36. The first kappa shape index (κ1) is 23.6. The lowest BCUT2D eigenvalue weighted by Gasteiger charge is -2.40. The number of rotatable bonds is 6. The zero-order valence-electron chi connectivity index (χ0n) is 18.9. The second-order valence-electron chi connectivity index (χ2n) is 8.82. The summed E-state index contributed by atoms with van der Waals surface area (Å²) in [7, 11) is 0. The maximum atomic E-state index is 13.7. The number of carbonyl (C=O) groups is 2. The number of hydrogen-bond donors (Lipinski definition) is 1. The summed E-state index contributed by atoms with van der Waals surface area (Å²) < 4.78 is 22.0. The first-order chi connectivity index (χ1) is 17.0. The molecular weight excluding hydrogens is 517 g/mol. The molecule has 1 N–H and O–H groups in total. The highest BCUT2D eigenvalue weighted by Gasteiger charge is 2.46. The van der Waals surface area contributed by atoms with E-state index in [9.17, 15) is 14.0 Å². The molecule has 35 heavy (non-hydrogen) atoms. The van der Waals surface area contributed by atoms with Gasteiger partial charge in [0.1, 0.15) is 5.82 Å². The molecule has 2 amide bonds. The van der Waals surface area contributed by atoms with E-state index >= 15 is 0 Å². The molecule has 3 atom stereocenters. The van der Waals surface area contributed by atoms with E-state index < -0.39 is 0 Å². The van der Waals surface area contributed by atoms with Crippen LogP contribution in [0.4, 0.5) is 4.39 Å². The Morgan fingerprint density at radius 2 is 2.00 bits per heavy atom. The van der Waals surface area contributed by atoms with Gasteiger partial charge in [-0.1, -0.05) is 33.3 Å². The molecule has 2 aliphatic rings. The smallest absolute Gasteiger partial charge is 0.227 e. The van der Waals surface area contributed by atoms with Crippen molar-refractivity contribution < 1.29 is 18.7 Å². The fourth-order valence-electron chi connectivity index (χ4n) is 4.89. The summed E-state index contributed by atoms with van der Waals surface area (Å²) >= 11 is 3.40. The van der Waals surface area contributed by atoms with Crippen LogP contribution in [0.25, 0.3) is 5.69 Å². The number of halogens is 2. The number of likely N-dealkylation sites (tertiary alicyclic amines) is 1. The molecule has 5 rings (SSSR count). The van der Waals surface area contributed by atoms with Gasteiger partial charge in [-0.15, -0.1) is 5.10 Å². The normalized spacial score (nSPS) is 21.5. The highest BCUT2D eigenvalue weighted by molar-refractivity contribution is 9.10. The van der Waals surface area contributed by atoms with Crippen LogP contribution >= 0.6 is 15.9 Å². The topological polar surface area (TPSA) is 89.4 Å². The Kier molecular flexibility index (Phi) is 6.92. The number of piperidine rings is 1. The van der Waals surface area contributed by atoms with Gasteiger partial charge in [-0.2, -0.15) is 0 Å². The van der Waals surface area contributed by atoms with Crippen LogP contribution in [0.3, 0.4) is 0 Å². The molecule has 3 heterocycles. The van der Waals surface area contributed by atoms with Crippen LogP contribution in [0, 0.1) is 11.7 Å². The number of hydrogen-bond acceptors (Lipinski definition) is 5. The van der Waals surface area contributed by atoms with Crippen molar-refractivity contribution in [2.45, 2.75) is 38.0 Å². The molecule has 0 aliphatic carbocycles. The lowest BCUT2D eigenvalue weighted by atomic mass is 9.86. The number of amides is 2. The largest absolute Gasteiger partial charge is 0.375 e. The van der Waals surface area contributed by atoms with Crippen molar-refractivity contribution in [3.8, 4) is 5.69 Å². The van der Waals surface area contributed by atoms with Gasteiger partial charge in [-0.05, 0) is 54.3 Å². The molecule has 2 fully saturated rings. The van der Waals surface area contributed by atoms with Gasteiger partial charge in [0.05, 0.1) is 42.6 Å². The van der Waals surface area contributed by atoms with E-state index in [2.05, 4.69) is 31.6 Å². The van der Waals surface area contributed by atoms with E-state index in [1.54, 1.807) is 23.1 Å². The number of nitrogens with one attached hydrogen (secondary N) is 1. The first-order valence-electron chi connectivity index (χ1n) is 11.6. The van der Waals surface area contributed by atoms with E-state index in [-0.39, 0.29) is 42.1 Å². The molecule has 2 aliphatic heterocycles. The second-order valence-corrected chi connectivity index (χ2v) is 9.67. The Bertz CT molecular complexity index is 1200. The monoisotopic (exact) mass is 541 g/mol. The summed E-state index contributed by atoms with van der Waals surface area (Å²) in [4.78, 5) is 27.9. The predicted molar refractivity (Wildman–Crippen MR) is 129 cm³/mol. The Morgan fingerprint density at radius 3 is 2.77 bits per heavy atom. The zero-order chi connectivity index (χ0) is 24.4. The number of carbonyl (C=O) groups excluding carboxylic acids is 2. The number of nitrogens with zero attached hydrogens (tertiary/aromatic N) is 4. The van der Waals surface area contributed by atoms with Gasteiger partial charge in [0.25, 0.3) is 0 Å². The highest BCUT2D eigenvalue weighted by Crippen LogP contribution is 2.33. The quantitative estimate of drug-likeness (QED) is 0.518. The number of ether oxygens (including phenoxy) is 1. The molecule has 2 saturated heterocycles. The lowest BCUT2D eigenvalue weighted by molar-refractivity contribution is -0.144. The molecule has 0 saturated carbocycles. The van der Waals surface area contributed by atoms with Gasteiger partial charge in [0.2, 0.25) is 11.8 Å². The average Bonchev–Trinajstić information content (AvgIpc) is 3.57. The average molecular weight is 542 g/mol. The van der Waals surface area contributed by atoms with Crippen LogP contribution in [0.1, 0.15) is 24.0 Å². The zero-order valence-corrected chi connectivity index (χ0v) is 20.5. The molecule has 0 unspecified atom stereocenters. The van der Waals surface area contributed by atoms with Crippen LogP contribution in [0.2, 0.25) is 0 Å². The van der Waals surface area contributed by atoms with E-state index in [1.807, 2.05) is 29.2 Å². The van der Waals surface area contributed by atoms with Crippen LogP contribution in [0.15, 0.2) is 59.3 Å². The molecule has 1 aromatic heterocycles. The van der Waals surface area contributed by atoms with Gasteiger partial charge in [0.15, 0.2) is 0 Å². The highest BCUT2D eigenvalue weighted by atomic mass is 79.9. The van der Waals surface area contributed by atoms with E-state index in [0.29, 0.717) is 42.6 Å². The maximum absolute atomic E-state index is 13.7. The number of aromatic nitrogens is 3. The van der Waals surface area contributed by atoms with Crippen LogP contribution in [0.5, 0.6) is 0 Å². The van der Waals surface area contributed by atoms with Gasteiger partial charge < -0.3 is 15.0 Å². The van der Waals surface area contributed by atoms with E-state index in [1.165, 1.54) is 12.1 Å². The SMILES string of the molecule is O=C(NCc1ccc(-n2ccnn2)cc1)[C@H]1CCN(C(=O)Cc2cc(F)ccc2Br)[C@@H]2CCO[C@H]12. The summed E-state index contributed by atoms with van der Waals surface area (Å²) in [5.74, 6) is -0.839. The van der Waals surface area contributed by atoms with Crippen LogP contribution in [-0.4, -0.2) is 57.0 Å². The number of fused-ring (bicyclic) bond motifs is 1. The molecule has 0 radical (unpaired) electrons. The Balaban J connectivity index is 1.19. The molecule has 182 valence electrons. The maximum Gasteiger partial charge on any atom is 0.227 e. The molecule has 8 nitrogen and oxygen atoms in total. The van der Waals surface area contributed by atoms with Crippen molar-refractivity contribution >= 4 is 27.7 Å². The Labute approximate surface area is 210 Å².